The molecule has 1 heterocycles. The Labute approximate surface area is 61.2 Å². The third-order valence-corrected chi connectivity index (χ3v) is 1.77. The van der Waals surface area contributed by atoms with Crippen molar-refractivity contribution in [2.75, 3.05) is 6.61 Å². The summed E-state index contributed by atoms with van der Waals surface area (Å²) in [5, 5.41) is 3.59. The average Bonchev–Trinajstić information content (AvgIpc) is 2.40. The first kappa shape index (κ1) is 7.54. The lowest BCUT2D eigenvalue weighted by Crippen LogP contribution is -2.11. The highest BCUT2D eigenvalue weighted by Gasteiger charge is 2.15. The summed E-state index contributed by atoms with van der Waals surface area (Å²) < 4.78 is 5.39. The second-order valence-corrected chi connectivity index (χ2v) is 2.70. The predicted molar refractivity (Wildman–Crippen MR) is 40.9 cm³/mol. The van der Waals surface area contributed by atoms with Gasteiger partial charge in [0, 0.05) is 18.7 Å². The standard InChI is InChI=1S/C7H14N2O/c1-6(9-8)5-7-3-2-4-10-7/h7H,2-5,8H2,1H3/b9-6+. The molecule has 1 aliphatic heterocycles. The molecule has 0 saturated carbocycles. The molecule has 3 nitrogen and oxygen atoms in total. The number of nitrogens with zero attached hydrogens (tertiary/aromatic N) is 1. The first-order valence-corrected chi connectivity index (χ1v) is 3.68. The fourth-order valence-corrected chi connectivity index (χ4v) is 1.19. The lowest BCUT2D eigenvalue weighted by molar-refractivity contribution is 0.116. The van der Waals surface area contributed by atoms with Gasteiger partial charge in [0.05, 0.1) is 6.10 Å². The van der Waals surface area contributed by atoms with Crippen molar-refractivity contribution in [3.63, 3.8) is 0 Å². The van der Waals surface area contributed by atoms with Crippen LogP contribution in [0.4, 0.5) is 0 Å². The van der Waals surface area contributed by atoms with Gasteiger partial charge in [0.2, 0.25) is 0 Å². The van der Waals surface area contributed by atoms with Crippen LogP contribution in [0.5, 0.6) is 0 Å². The third kappa shape index (κ3) is 1.99. The van der Waals surface area contributed by atoms with Crippen LogP contribution < -0.4 is 5.84 Å². The van der Waals surface area contributed by atoms with Crippen LogP contribution in [-0.2, 0) is 4.74 Å². The van der Waals surface area contributed by atoms with Gasteiger partial charge in [0.25, 0.3) is 0 Å². The second kappa shape index (κ2) is 3.56. The van der Waals surface area contributed by atoms with E-state index in [0.717, 1.165) is 25.2 Å². The molecule has 0 aromatic heterocycles. The Hall–Kier alpha value is -0.570. The van der Waals surface area contributed by atoms with E-state index in [1.54, 1.807) is 0 Å². The first-order chi connectivity index (χ1) is 4.83. The molecule has 0 aromatic carbocycles. The van der Waals surface area contributed by atoms with Crippen LogP contribution in [0.2, 0.25) is 0 Å². The molecule has 1 saturated heterocycles. The van der Waals surface area contributed by atoms with Crippen molar-refractivity contribution < 1.29 is 4.74 Å². The first-order valence-electron chi connectivity index (χ1n) is 3.68. The highest BCUT2D eigenvalue weighted by molar-refractivity contribution is 5.81. The van der Waals surface area contributed by atoms with E-state index < -0.39 is 0 Å². The van der Waals surface area contributed by atoms with Gasteiger partial charge in [-0.3, -0.25) is 0 Å². The lowest BCUT2D eigenvalue weighted by atomic mass is 10.1. The smallest absolute Gasteiger partial charge is 0.0628 e. The molecule has 1 aliphatic rings. The van der Waals surface area contributed by atoms with Gasteiger partial charge in [-0.15, -0.1) is 0 Å². The number of nitrogens with two attached hydrogens (primary N) is 1. The molecule has 2 N–H and O–H groups in total. The number of hydrazone groups is 1. The van der Waals surface area contributed by atoms with Gasteiger partial charge in [0.15, 0.2) is 0 Å². The van der Waals surface area contributed by atoms with Gasteiger partial charge in [-0.25, -0.2) is 0 Å². The van der Waals surface area contributed by atoms with Crippen LogP contribution in [0.3, 0.4) is 0 Å². The molecule has 0 bridgehead atoms. The predicted octanol–water partition coefficient (Wildman–Crippen LogP) is 0.890. The summed E-state index contributed by atoms with van der Waals surface area (Å²) in [5.74, 6) is 5.08. The molecule has 0 aliphatic carbocycles. The van der Waals surface area contributed by atoms with E-state index in [0.29, 0.717) is 6.10 Å². The van der Waals surface area contributed by atoms with Crippen LogP contribution in [0.25, 0.3) is 0 Å². The van der Waals surface area contributed by atoms with Gasteiger partial charge in [0.1, 0.15) is 0 Å². The van der Waals surface area contributed by atoms with E-state index in [4.69, 9.17) is 10.6 Å². The van der Waals surface area contributed by atoms with Crippen LogP contribution in [0, 0.1) is 0 Å². The zero-order valence-corrected chi connectivity index (χ0v) is 6.34. The van der Waals surface area contributed by atoms with Crippen molar-refractivity contribution in [1.82, 2.24) is 0 Å². The van der Waals surface area contributed by atoms with Crippen LogP contribution >= 0.6 is 0 Å². The lowest BCUT2D eigenvalue weighted by Gasteiger charge is -2.06. The number of ether oxygens (including phenoxy) is 1. The topological polar surface area (TPSA) is 47.6 Å². The molecule has 0 radical (unpaired) electrons. The van der Waals surface area contributed by atoms with Crippen LogP contribution in [-0.4, -0.2) is 18.4 Å². The monoisotopic (exact) mass is 142 g/mol. The Kier molecular flexibility index (Phi) is 2.68. The molecule has 1 rings (SSSR count). The summed E-state index contributed by atoms with van der Waals surface area (Å²) in [6, 6.07) is 0. The van der Waals surface area contributed by atoms with E-state index in [9.17, 15) is 0 Å². The molecule has 1 fully saturated rings. The minimum atomic E-state index is 0.382. The summed E-state index contributed by atoms with van der Waals surface area (Å²) in [6.07, 6.45) is 3.62. The zero-order chi connectivity index (χ0) is 7.40. The Balaban J connectivity index is 2.24. The maximum absolute atomic E-state index is 5.39. The van der Waals surface area contributed by atoms with E-state index in [1.807, 2.05) is 6.92 Å². The zero-order valence-electron chi connectivity index (χ0n) is 6.34. The van der Waals surface area contributed by atoms with Gasteiger partial charge in [-0.2, -0.15) is 5.10 Å². The Morgan fingerprint density at radius 1 is 1.80 bits per heavy atom. The Morgan fingerprint density at radius 3 is 3.10 bits per heavy atom. The Bertz CT molecular complexity index is 128. The quantitative estimate of drug-likeness (QED) is 0.353. The molecule has 0 aromatic rings. The molecule has 58 valence electrons. The molecule has 10 heavy (non-hydrogen) atoms. The fraction of sp³-hybridized carbons (Fsp3) is 0.857. The summed E-state index contributed by atoms with van der Waals surface area (Å²) in [5.41, 5.74) is 0.979. The summed E-state index contributed by atoms with van der Waals surface area (Å²) in [6.45, 7) is 2.84. The van der Waals surface area contributed by atoms with Gasteiger partial charge < -0.3 is 10.6 Å². The van der Waals surface area contributed by atoms with Crippen molar-refractivity contribution in [3.8, 4) is 0 Å². The normalized spacial score (nSPS) is 27.3. The summed E-state index contributed by atoms with van der Waals surface area (Å²) >= 11 is 0. The maximum atomic E-state index is 5.39. The van der Waals surface area contributed by atoms with Gasteiger partial charge in [-0.05, 0) is 19.8 Å². The molecule has 1 atom stereocenters. The van der Waals surface area contributed by atoms with Gasteiger partial charge >= 0.3 is 0 Å². The van der Waals surface area contributed by atoms with E-state index in [2.05, 4.69) is 5.10 Å². The maximum Gasteiger partial charge on any atom is 0.0628 e. The fourth-order valence-electron chi connectivity index (χ4n) is 1.19. The van der Waals surface area contributed by atoms with E-state index in [-0.39, 0.29) is 0 Å². The molecule has 1 unspecified atom stereocenters. The van der Waals surface area contributed by atoms with Crippen LogP contribution in [0.15, 0.2) is 5.10 Å². The summed E-state index contributed by atoms with van der Waals surface area (Å²) in [7, 11) is 0. The Morgan fingerprint density at radius 2 is 2.60 bits per heavy atom. The van der Waals surface area contributed by atoms with Crippen molar-refractivity contribution in [2.45, 2.75) is 32.3 Å². The van der Waals surface area contributed by atoms with E-state index >= 15 is 0 Å². The van der Waals surface area contributed by atoms with Crippen molar-refractivity contribution >= 4 is 5.71 Å². The number of rotatable bonds is 2. The van der Waals surface area contributed by atoms with E-state index in [1.165, 1.54) is 6.42 Å². The van der Waals surface area contributed by atoms with Crippen molar-refractivity contribution in [3.05, 3.63) is 0 Å². The molecule has 0 spiro atoms. The minimum Gasteiger partial charge on any atom is -0.378 e. The molecular weight excluding hydrogens is 128 g/mol. The van der Waals surface area contributed by atoms with Gasteiger partial charge in [-0.1, -0.05) is 0 Å². The SMILES string of the molecule is C/C(CC1CCCO1)=N\N. The van der Waals surface area contributed by atoms with Crippen molar-refractivity contribution in [1.29, 1.82) is 0 Å². The van der Waals surface area contributed by atoms with Crippen LogP contribution in [0.1, 0.15) is 26.2 Å². The van der Waals surface area contributed by atoms with Crippen molar-refractivity contribution in [2.24, 2.45) is 10.9 Å². The third-order valence-electron chi connectivity index (χ3n) is 1.77. The summed E-state index contributed by atoms with van der Waals surface area (Å²) in [4.78, 5) is 0. The largest absolute Gasteiger partial charge is 0.378 e. The second-order valence-electron chi connectivity index (χ2n) is 2.70. The number of hydrogen-bond donors (Lipinski definition) is 1. The highest BCUT2D eigenvalue weighted by atomic mass is 16.5. The molecular formula is C7H14N2O. The minimum absolute atomic E-state index is 0.382. The highest BCUT2D eigenvalue weighted by Crippen LogP contribution is 2.15. The molecule has 0 amide bonds. The molecule has 3 heteroatoms. The number of hydrogen-bond acceptors (Lipinski definition) is 3. The average molecular weight is 142 g/mol.